The fraction of sp³-hybridized carbons (Fsp3) is 0.824. The number of methoxy groups -OCH3 is 1. The molecule has 0 amide bonds. The number of hydrogen-bond donors (Lipinski definition) is 0. The van der Waals surface area contributed by atoms with Crippen LogP contribution >= 0.6 is 0 Å². The summed E-state index contributed by atoms with van der Waals surface area (Å²) in [6.45, 7) is 2.14. The van der Waals surface area contributed by atoms with E-state index >= 15 is 0 Å². The predicted octanol–water partition coefficient (Wildman–Crippen LogP) is 2.86. The Bertz CT molecular complexity index is 444. The molecule has 0 heterocycles. The minimum Gasteiger partial charge on any atom is -0.438 e. The van der Waals surface area contributed by atoms with E-state index in [0.29, 0.717) is 5.92 Å². The van der Waals surface area contributed by atoms with Gasteiger partial charge in [-0.25, -0.2) is 0 Å². The zero-order valence-corrected chi connectivity index (χ0v) is 12.3. The van der Waals surface area contributed by atoms with Crippen molar-refractivity contribution in [2.45, 2.75) is 26.2 Å². The molecule has 8 unspecified atom stereocenters. The van der Waals surface area contributed by atoms with Crippen molar-refractivity contribution in [2.75, 3.05) is 13.9 Å². The monoisotopic (exact) mass is 276 g/mol. The maximum atomic E-state index is 12.1. The fourth-order valence-electron chi connectivity index (χ4n) is 6.07. The van der Waals surface area contributed by atoms with E-state index in [0.717, 1.165) is 35.5 Å². The zero-order valence-electron chi connectivity index (χ0n) is 12.3. The third kappa shape index (κ3) is 1.65. The first-order valence-electron chi connectivity index (χ1n) is 8.04. The second-order valence-corrected chi connectivity index (χ2v) is 7.32. The van der Waals surface area contributed by atoms with Gasteiger partial charge in [0.15, 0.2) is 6.79 Å². The first kappa shape index (κ1) is 12.9. The van der Waals surface area contributed by atoms with Crippen LogP contribution in [-0.2, 0) is 14.3 Å². The molecule has 0 aromatic carbocycles. The molecule has 8 atom stereocenters. The molecule has 0 aromatic heterocycles. The molecule has 4 rings (SSSR count). The van der Waals surface area contributed by atoms with Crippen molar-refractivity contribution in [3.05, 3.63) is 12.2 Å². The van der Waals surface area contributed by atoms with Gasteiger partial charge >= 0.3 is 5.97 Å². The SMILES string of the molecule is COCOC(=O)C(C)C1CC2CC1C1C3C=CC(C3)C21. The summed E-state index contributed by atoms with van der Waals surface area (Å²) >= 11 is 0. The van der Waals surface area contributed by atoms with E-state index in [9.17, 15) is 4.79 Å². The van der Waals surface area contributed by atoms with E-state index in [1.54, 1.807) is 7.11 Å². The number of carbonyl (C=O) groups is 1. The second-order valence-electron chi connectivity index (χ2n) is 7.32. The van der Waals surface area contributed by atoms with Crippen LogP contribution in [0.3, 0.4) is 0 Å². The molecule has 4 bridgehead atoms. The van der Waals surface area contributed by atoms with Gasteiger partial charge in [-0.15, -0.1) is 0 Å². The Labute approximate surface area is 120 Å². The van der Waals surface area contributed by atoms with Crippen LogP contribution in [0.1, 0.15) is 26.2 Å². The highest BCUT2D eigenvalue weighted by atomic mass is 16.7. The van der Waals surface area contributed by atoms with Crippen LogP contribution in [0.4, 0.5) is 0 Å². The molecule has 0 radical (unpaired) electrons. The molecule has 20 heavy (non-hydrogen) atoms. The number of carbonyl (C=O) groups excluding carboxylic acids is 1. The smallest absolute Gasteiger partial charge is 0.311 e. The highest BCUT2D eigenvalue weighted by molar-refractivity contribution is 5.72. The van der Waals surface area contributed by atoms with Gasteiger partial charge in [0, 0.05) is 7.11 Å². The highest BCUT2D eigenvalue weighted by Crippen LogP contribution is 2.67. The van der Waals surface area contributed by atoms with Crippen LogP contribution in [0, 0.1) is 47.3 Å². The van der Waals surface area contributed by atoms with E-state index in [4.69, 9.17) is 9.47 Å². The Morgan fingerprint density at radius 1 is 1.20 bits per heavy atom. The summed E-state index contributed by atoms with van der Waals surface area (Å²) in [6, 6.07) is 0. The van der Waals surface area contributed by atoms with Crippen molar-refractivity contribution in [3.63, 3.8) is 0 Å². The standard InChI is InChI=1S/C17H24O3/c1-9(17(18)20-8-19-2)13-6-12-7-14(13)16-11-4-3-10(5-11)15(12)16/h3-4,9-16H,5-8H2,1-2H3. The van der Waals surface area contributed by atoms with Crippen molar-refractivity contribution in [1.29, 1.82) is 0 Å². The van der Waals surface area contributed by atoms with E-state index in [-0.39, 0.29) is 18.7 Å². The van der Waals surface area contributed by atoms with Gasteiger partial charge in [-0.3, -0.25) is 4.79 Å². The van der Waals surface area contributed by atoms with Gasteiger partial charge in [-0.05, 0) is 60.7 Å². The number of rotatable bonds is 4. The normalized spacial score (nSPS) is 48.6. The molecule has 0 saturated heterocycles. The van der Waals surface area contributed by atoms with Crippen molar-refractivity contribution in [2.24, 2.45) is 47.3 Å². The lowest BCUT2D eigenvalue weighted by atomic mass is 9.66. The molecule has 4 aliphatic rings. The molecule has 3 nitrogen and oxygen atoms in total. The maximum absolute atomic E-state index is 12.1. The number of esters is 1. The summed E-state index contributed by atoms with van der Waals surface area (Å²) in [5.74, 6) is 5.60. The molecule has 3 fully saturated rings. The van der Waals surface area contributed by atoms with Gasteiger partial charge in [0.2, 0.25) is 0 Å². The molecule has 4 aliphatic carbocycles. The Balaban J connectivity index is 1.48. The summed E-state index contributed by atoms with van der Waals surface area (Å²) in [7, 11) is 1.56. The van der Waals surface area contributed by atoms with Crippen molar-refractivity contribution < 1.29 is 14.3 Å². The molecule has 0 aliphatic heterocycles. The third-order valence-corrected chi connectivity index (χ3v) is 6.65. The molecule has 3 heteroatoms. The number of ether oxygens (including phenoxy) is 2. The lowest BCUT2D eigenvalue weighted by Crippen LogP contribution is -2.36. The van der Waals surface area contributed by atoms with Gasteiger partial charge in [0.1, 0.15) is 0 Å². The van der Waals surface area contributed by atoms with E-state index < -0.39 is 0 Å². The molecule has 3 saturated carbocycles. The van der Waals surface area contributed by atoms with E-state index in [2.05, 4.69) is 19.1 Å². The fourth-order valence-corrected chi connectivity index (χ4v) is 6.07. The van der Waals surface area contributed by atoms with Crippen LogP contribution in [0.25, 0.3) is 0 Å². The average Bonchev–Trinajstić information content (AvgIpc) is 3.20. The van der Waals surface area contributed by atoms with Crippen molar-refractivity contribution >= 4 is 5.97 Å². The van der Waals surface area contributed by atoms with Crippen LogP contribution in [0.5, 0.6) is 0 Å². The Kier molecular flexibility index (Phi) is 2.95. The lowest BCUT2D eigenvalue weighted by Gasteiger charge is -2.38. The summed E-state index contributed by atoms with van der Waals surface area (Å²) < 4.78 is 10.0. The molecule has 0 N–H and O–H groups in total. The predicted molar refractivity (Wildman–Crippen MR) is 74.6 cm³/mol. The molecular formula is C17H24O3. The van der Waals surface area contributed by atoms with Crippen LogP contribution < -0.4 is 0 Å². The lowest BCUT2D eigenvalue weighted by molar-refractivity contribution is -0.161. The first-order chi connectivity index (χ1) is 9.70. The van der Waals surface area contributed by atoms with Gasteiger partial charge < -0.3 is 9.47 Å². The number of fused-ring (bicyclic) bond motifs is 9. The van der Waals surface area contributed by atoms with Gasteiger partial charge in [-0.2, -0.15) is 0 Å². The Morgan fingerprint density at radius 3 is 2.70 bits per heavy atom. The van der Waals surface area contributed by atoms with Gasteiger partial charge in [-0.1, -0.05) is 19.1 Å². The number of allylic oxidation sites excluding steroid dienone is 2. The quantitative estimate of drug-likeness (QED) is 0.343. The van der Waals surface area contributed by atoms with Crippen LogP contribution in [-0.4, -0.2) is 19.9 Å². The Morgan fingerprint density at radius 2 is 1.95 bits per heavy atom. The molecule has 110 valence electrons. The Hall–Kier alpha value is -0.830. The van der Waals surface area contributed by atoms with Crippen LogP contribution in [0.2, 0.25) is 0 Å². The summed E-state index contributed by atoms with van der Waals surface area (Å²) in [5.41, 5.74) is 0. The van der Waals surface area contributed by atoms with Crippen molar-refractivity contribution in [3.8, 4) is 0 Å². The molecule has 0 aromatic rings. The minimum absolute atomic E-state index is 0.0317. The molecular weight excluding hydrogens is 252 g/mol. The summed E-state index contributed by atoms with van der Waals surface area (Å²) in [6.07, 6.45) is 8.91. The average molecular weight is 276 g/mol. The van der Waals surface area contributed by atoms with E-state index in [1.807, 2.05) is 0 Å². The van der Waals surface area contributed by atoms with Crippen LogP contribution in [0.15, 0.2) is 12.2 Å². The van der Waals surface area contributed by atoms with Crippen molar-refractivity contribution in [1.82, 2.24) is 0 Å². The maximum Gasteiger partial charge on any atom is 0.311 e. The minimum atomic E-state index is -0.0698. The van der Waals surface area contributed by atoms with Gasteiger partial charge in [0.05, 0.1) is 5.92 Å². The third-order valence-electron chi connectivity index (χ3n) is 6.65. The van der Waals surface area contributed by atoms with E-state index in [1.165, 1.54) is 19.3 Å². The second kappa shape index (κ2) is 4.59. The topological polar surface area (TPSA) is 35.5 Å². The number of hydrogen-bond acceptors (Lipinski definition) is 3. The first-order valence-corrected chi connectivity index (χ1v) is 8.04. The highest BCUT2D eigenvalue weighted by Gasteiger charge is 2.62. The summed E-state index contributed by atoms with van der Waals surface area (Å²) in [5, 5.41) is 0. The van der Waals surface area contributed by atoms with Gasteiger partial charge in [0.25, 0.3) is 0 Å². The summed E-state index contributed by atoms with van der Waals surface area (Å²) in [4.78, 5) is 12.1. The molecule has 0 spiro atoms. The zero-order chi connectivity index (χ0) is 13.9. The largest absolute Gasteiger partial charge is 0.438 e.